The Morgan fingerprint density at radius 2 is 1.76 bits per heavy atom. The van der Waals surface area contributed by atoms with Gasteiger partial charge in [0.15, 0.2) is 0 Å². The van der Waals surface area contributed by atoms with Crippen molar-refractivity contribution in [2.75, 3.05) is 17.2 Å². The number of benzene rings is 1. The van der Waals surface area contributed by atoms with Gasteiger partial charge in [0.25, 0.3) is 5.91 Å². The molecule has 0 unspecified atom stereocenters. The molecule has 0 aliphatic heterocycles. The maximum atomic E-state index is 12.3. The molecule has 110 valence electrons. The third-order valence-electron chi connectivity index (χ3n) is 3.26. The van der Waals surface area contributed by atoms with Crippen molar-refractivity contribution in [3.05, 3.63) is 53.2 Å². The highest BCUT2D eigenvalue weighted by Crippen LogP contribution is 2.20. The van der Waals surface area contributed by atoms with E-state index >= 15 is 0 Å². The molecule has 2 N–H and O–H groups in total. The second-order valence-electron chi connectivity index (χ2n) is 5.06. The third kappa shape index (κ3) is 3.81. The summed E-state index contributed by atoms with van der Waals surface area (Å²) in [6.07, 6.45) is 1.01. The van der Waals surface area contributed by atoms with E-state index in [-0.39, 0.29) is 5.91 Å². The Balaban J connectivity index is 2.17. The maximum absolute atomic E-state index is 12.3. The van der Waals surface area contributed by atoms with E-state index in [2.05, 4.69) is 22.5 Å². The van der Waals surface area contributed by atoms with Crippen molar-refractivity contribution < 1.29 is 4.79 Å². The highest BCUT2D eigenvalue weighted by atomic mass is 16.1. The van der Waals surface area contributed by atoms with Crippen LogP contribution in [0.3, 0.4) is 0 Å². The molecular formula is C17H21N3O. The normalized spacial score (nSPS) is 10.2. The predicted octanol–water partition coefficient (Wildman–Crippen LogP) is 3.77. The number of aromatic nitrogens is 1. The van der Waals surface area contributed by atoms with Crippen molar-refractivity contribution in [1.29, 1.82) is 0 Å². The lowest BCUT2D eigenvalue weighted by Gasteiger charge is -2.11. The van der Waals surface area contributed by atoms with Crippen LogP contribution in [0, 0.1) is 13.8 Å². The molecule has 0 fully saturated rings. The highest BCUT2D eigenvalue weighted by Gasteiger charge is 2.11. The zero-order valence-corrected chi connectivity index (χ0v) is 12.7. The highest BCUT2D eigenvalue weighted by molar-refractivity contribution is 6.03. The Bertz CT molecular complexity index is 617. The molecule has 0 saturated heterocycles. The predicted molar refractivity (Wildman–Crippen MR) is 86.9 cm³/mol. The summed E-state index contributed by atoms with van der Waals surface area (Å²) in [5, 5.41) is 6.13. The minimum atomic E-state index is -0.187. The molecule has 2 rings (SSSR count). The second-order valence-corrected chi connectivity index (χ2v) is 5.06. The number of anilines is 2. The van der Waals surface area contributed by atoms with Crippen LogP contribution in [0.25, 0.3) is 0 Å². The number of rotatable bonds is 5. The van der Waals surface area contributed by atoms with Crippen LogP contribution < -0.4 is 10.6 Å². The first-order valence-corrected chi connectivity index (χ1v) is 7.20. The number of hydrogen-bond acceptors (Lipinski definition) is 3. The van der Waals surface area contributed by atoms with Gasteiger partial charge in [-0.05, 0) is 43.5 Å². The number of pyridine rings is 1. The molecule has 0 saturated carbocycles. The number of carbonyl (C=O) groups is 1. The first-order chi connectivity index (χ1) is 10.1. The Morgan fingerprint density at radius 1 is 1.10 bits per heavy atom. The van der Waals surface area contributed by atoms with Crippen LogP contribution in [0.15, 0.2) is 36.4 Å². The number of para-hydroxylation sites is 1. The summed E-state index contributed by atoms with van der Waals surface area (Å²) in [4.78, 5) is 16.7. The van der Waals surface area contributed by atoms with E-state index in [1.165, 1.54) is 0 Å². The SMILES string of the molecule is CCCNc1cccc(C(=O)Nc2c(C)cccc2C)n1. The molecule has 4 nitrogen and oxygen atoms in total. The van der Waals surface area contributed by atoms with Crippen molar-refractivity contribution in [3.63, 3.8) is 0 Å². The van der Waals surface area contributed by atoms with Crippen LogP contribution in [0.4, 0.5) is 11.5 Å². The summed E-state index contributed by atoms with van der Waals surface area (Å²) in [7, 11) is 0. The van der Waals surface area contributed by atoms with Gasteiger partial charge in [0.1, 0.15) is 11.5 Å². The minimum absolute atomic E-state index is 0.187. The summed E-state index contributed by atoms with van der Waals surface area (Å²) >= 11 is 0. The van der Waals surface area contributed by atoms with Crippen LogP contribution in [0.5, 0.6) is 0 Å². The molecule has 0 spiro atoms. The lowest BCUT2D eigenvalue weighted by atomic mass is 10.1. The molecule has 1 aromatic carbocycles. The maximum Gasteiger partial charge on any atom is 0.274 e. The summed E-state index contributed by atoms with van der Waals surface area (Å²) < 4.78 is 0. The monoisotopic (exact) mass is 283 g/mol. The van der Waals surface area contributed by atoms with Crippen LogP contribution in [0.2, 0.25) is 0 Å². The van der Waals surface area contributed by atoms with Crippen LogP contribution in [0.1, 0.15) is 35.0 Å². The number of carbonyl (C=O) groups excluding carboxylic acids is 1. The average molecular weight is 283 g/mol. The summed E-state index contributed by atoms with van der Waals surface area (Å²) in [5.41, 5.74) is 3.36. The van der Waals surface area contributed by atoms with Crippen LogP contribution in [-0.2, 0) is 0 Å². The van der Waals surface area contributed by atoms with E-state index in [1.54, 1.807) is 6.07 Å². The quantitative estimate of drug-likeness (QED) is 0.878. The van der Waals surface area contributed by atoms with E-state index in [0.717, 1.165) is 35.6 Å². The first-order valence-electron chi connectivity index (χ1n) is 7.20. The van der Waals surface area contributed by atoms with E-state index < -0.39 is 0 Å². The standard InChI is InChI=1S/C17H21N3O/c1-4-11-18-15-10-6-9-14(19-15)17(21)20-16-12(2)7-5-8-13(16)3/h5-10H,4,11H2,1-3H3,(H,18,19)(H,20,21). The van der Waals surface area contributed by atoms with Gasteiger partial charge in [-0.3, -0.25) is 4.79 Å². The average Bonchev–Trinajstić information content (AvgIpc) is 2.49. The molecule has 1 amide bonds. The number of nitrogens with one attached hydrogen (secondary N) is 2. The Labute approximate surface area is 125 Å². The molecule has 1 heterocycles. The fourth-order valence-electron chi connectivity index (χ4n) is 2.10. The number of amides is 1. The molecule has 0 atom stereocenters. The number of hydrogen-bond donors (Lipinski definition) is 2. The van der Waals surface area contributed by atoms with Gasteiger partial charge in [0, 0.05) is 12.2 Å². The van der Waals surface area contributed by atoms with Crippen LogP contribution >= 0.6 is 0 Å². The molecule has 0 aliphatic carbocycles. The van der Waals surface area contributed by atoms with Crippen LogP contribution in [-0.4, -0.2) is 17.4 Å². The molecule has 0 aliphatic rings. The van der Waals surface area contributed by atoms with Gasteiger partial charge in [-0.15, -0.1) is 0 Å². The topological polar surface area (TPSA) is 54.0 Å². The summed E-state index contributed by atoms with van der Waals surface area (Å²) in [6, 6.07) is 11.4. The van der Waals surface area contributed by atoms with E-state index in [9.17, 15) is 4.79 Å². The zero-order valence-electron chi connectivity index (χ0n) is 12.7. The van der Waals surface area contributed by atoms with Gasteiger partial charge in [0.05, 0.1) is 0 Å². The van der Waals surface area contributed by atoms with Gasteiger partial charge >= 0.3 is 0 Å². The molecule has 2 aromatic rings. The molecule has 0 bridgehead atoms. The van der Waals surface area contributed by atoms with Crippen molar-refractivity contribution in [3.8, 4) is 0 Å². The van der Waals surface area contributed by atoms with Crippen molar-refractivity contribution >= 4 is 17.4 Å². The van der Waals surface area contributed by atoms with Gasteiger partial charge in [-0.2, -0.15) is 0 Å². The van der Waals surface area contributed by atoms with Crippen molar-refractivity contribution in [1.82, 2.24) is 4.98 Å². The fourth-order valence-corrected chi connectivity index (χ4v) is 2.10. The fraction of sp³-hybridized carbons (Fsp3) is 0.294. The summed E-state index contributed by atoms with van der Waals surface area (Å²) in [6.45, 7) is 6.89. The lowest BCUT2D eigenvalue weighted by molar-refractivity contribution is 0.102. The summed E-state index contributed by atoms with van der Waals surface area (Å²) in [5.74, 6) is 0.540. The van der Waals surface area contributed by atoms with Crippen molar-refractivity contribution in [2.45, 2.75) is 27.2 Å². The number of nitrogens with zero attached hydrogens (tertiary/aromatic N) is 1. The Kier molecular flexibility index (Phi) is 4.93. The van der Waals surface area contributed by atoms with Gasteiger partial charge in [-0.25, -0.2) is 4.98 Å². The lowest BCUT2D eigenvalue weighted by Crippen LogP contribution is -2.16. The largest absolute Gasteiger partial charge is 0.370 e. The zero-order chi connectivity index (χ0) is 15.2. The second kappa shape index (κ2) is 6.88. The van der Waals surface area contributed by atoms with Gasteiger partial charge in [-0.1, -0.05) is 31.2 Å². The first kappa shape index (κ1) is 15.0. The minimum Gasteiger partial charge on any atom is -0.370 e. The van der Waals surface area contributed by atoms with E-state index in [4.69, 9.17) is 0 Å². The molecule has 21 heavy (non-hydrogen) atoms. The Morgan fingerprint density at radius 3 is 2.43 bits per heavy atom. The van der Waals surface area contributed by atoms with Crippen molar-refractivity contribution in [2.24, 2.45) is 0 Å². The number of aryl methyl sites for hydroxylation is 2. The molecular weight excluding hydrogens is 262 g/mol. The van der Waals surface area contributed by atoms with E-state index in [1.807, 2.05) is 44.2 Å². The smallest absolute Gasteiger partial charge is 0.274 e. The molecule has 4 heteroatoms. The Hall–Kier alpha value is -2.36. The van der Waals surface area contributed by atoms with Gasteiger partial charge < -0.3 is 10.6 Å². The third-order valence-corrected chi connectivity index (χ3v) is 3.26. The van der Waals surface area contributed by atoms with Gasteiger partial charge in [0.2, 0.25) is 0 Å². The molecule has 0 radical (unpaired) electrons. The molecule has 1 aromatic heterocycles. The van der Waals surface area contributed by atoms with E-state index in [0.29, 0.717) is 5.69 Å².